The molecular formula is C10H8ClNO2. The van der Waals surface area contributed by atoms with E-state index in [0.29, 0.717) is 5.56 Å². The van der Waals surface area contributed by atoms with E-state index >= 15 is 0 Å². The zero-order valence-corrected chi connectivity index (χ0v) is 8.34. The van der Waals surface area contributed by atoms with Crippen molar-refractivity contribution in [2.75, 3.05) is 0 Å². The fraction of sp³-hybridized carbons (Fsp3) is 0.200. The summed E-state index contributed by atoms with van der Waals surface area (Å²) in [6.07, 6.45) is 0.271. The van der Waals surface area contributed by atoms with Gasteiger partial charge < -0.3 is 4.74 Å². The smallest absolute Gasteiger partial charge is 0.310 e. The SMILES string of the molecule is CCC(=O)Oc1cccc(C#N)c1Cl. The summed E-state index contributed by atoms with van der Waals surface area (Å²) in [5.74, 6) is -0.139. The van der Waals surface area contributed by atoms with Gasteiger partial charge in [0, 0.05) is 6.42 Å². The molecule has 0 aliphatic carbocycles. The third kappa shape index (κ3) is 2.24. The molecule has 0 unspecified atom stereocenters. The van der Waals surface area contributed by atoms with Gasteiger partial charge >= 0.3 is 5.97 Å². The van der Waals surface area contributed by atoms with Crippen LogP contribution < -0.4 is 4.74 Å². The third-order valence-corrected chi connectivity index (χ3v) is 1.99. The molecule has 0 heterocycles. The number of esters is 1. The van der Waals surface area contributed by atoms with Crippen LogP contribution in [0, 0.1) is 11.3 Å². The first-order chi connectivity index (χ1) is 6.69. The van der Waals surface area contributed by atoms with E-state index in [0.717, 1.165) is 0 Å². The summed E-state index contributed by atoms with van der Waals surface area (Å²) in [7, 11) is 0. The maximum absolute atomic E-state index is 11.0. The van der Waals surface area contributed by atoms with Crippen LogP contribution in [0.4, 0.5) is 0 Å². The van der Waals surface area contributed by atoms with E-state index in [-0.39, 0.29) is 23.2 Å². The molecule has 1 aromatic rings. The van der Waals surface area contributed by atoms with Crippen molar-refractivity contribution in [2.45, 2.75) is 13.3 Å². The Morgan fingerprint density at radius 3 is 2.93 bits per heavy atom. The molecule has 0 radical (unpaired) electrons. The van der Waals surface area contributed by atoms with Crippen molar-refractivity contribution in [1.82, 2.24) is 0 Å². The van der Waals surface area contributed by atoms with Gasteiger partial charge in [-0.2, -0.15) is 5.26 Å². The van der Waals surface area contributed by atoms with E-state index in [9.17, 15) is 4.79 Å². The molecule has 0 saturated carbocycles. The minimum Gasteiger partial charge on any atom is -0.425 e. The molecule has 0 aliphatic heterocycles. The maximum Gasteiger partial charge on any atom is 0.310 e. The Bertz CT molecular complexity index is 396. The molecule has 0 aliphatic rings. The largest absolute Gasteiger partial charge is 0.425 e. The third-order valence-electron chi connectivity index (χ3n) is 1.60. The highest BCUT2D eigenvalue weighted by molar-refractivity contribution is 6.33. The summed E-state index contributed by atoms with van der Waals surface area (Å²) in [5.41, 5.74) is 0.299. The van der Waals surface area contributed by atoms with Crippen molar-refractivity contribution < 1.29 is 9.53 Å². The quantitative estimate of drug-likeness (QED) is 0.556. The van der Waals surface area contributed by atoms with Gasteiger partial charge in [0.05, 0.1) is 5.56 Å². The van der Waals surface area contributed by atoms with Crippen molar-refractivity contribution in [1.29, 1.82) is 5.26 Å². The van der Waals surface area contributed by atoms with Crippen molar-refractivity contribution in [3.63, 3.8) is 0 Å². The molecule has 0 N–H and O–H groups in total. The van der Waals surface area contributed by atoms with Gasteiger partial charge in [-0.3, -0.25) is 4.79 Å². The molecule has 14 heavy (non-hydrogen) atoms. The maximum atomic E-state index is 11.0. The summed E-state index contributed by atoms with van der Waals surface area (Å²) in [6.45, 7) is 1.68. The number of benzene rings is 1. The molecule has 1 rings (SSSR count). The molecule has 0 amide bonds. The lowest BCUT2D eigenvalue weighted by Gasteiger charge is -2.04. The Hall–Kier alpha value is -1.53. The number of rotatable bonds is 2. The molecule has 0 aromatic heterocycles. The minimum absolute atomic E-state index is 0.178. The summed E-state index contributed by atoms with van der Waals surface area (Å²) >= 11 is 5.81. The predicted octanol–water partition coefficient (Wildman–Crippen LogP) is 2.53. The van der Waals surface area contributed by atoms with Gasteiger partial charge in [-0.1, -0.05) is 24.6 Å². The van der Waals surface area contributed by atoms with E-state index in [2.05, 4.69) is 0 Å². The van der Waals surface area contributed by atoms with Gasteiger partial charge in [0.2, 0.25) is 0 Å². The average Bonchev–Trinajstić information content (AvgIpc) is 2.21. The van der Waals surface area contributed by atoms with Crippen LogP contribution >= 0.6 is 11.6 Å². The standard InChI is InChI=1S/C10H8ClNO2/c1-2-9(13)14-8-5-3-4-7(6-12)10(8)11/h3-5H,2H2,1H3. The molecule has 0 saturated heterocycles. The van der Waals surface area contributed by atoms with Crippen molar-refractivity contribution in [2.24, 2.45) is 0 Å². The monoisotopic (exact) mass is 209 g/mol. The van der Waals surface area contributed by atoms with E-state index in [4.69, 9.17) is 21.6 Å². The minimum atomic E-state index is -0.373. The molecule has 0 atom stereocenters. The van der Waals surface area contributed by atoms with Gasteiger partial charge in [-0.25, -0.2) is 0 Å². The average molecular weight is 210 g/mol. The van der Waals surface area contributed by atoms with E-state index in [1.165, 1.54) is 0 Å². The second-order valence-electron chi connectivity index (χ2n) is 2.56. The van der Waals surface area contributed by atoms with Gasteiger partial charge in [0.1, 0.15) is 11.1 Å². The lowest BCUT2D eigenvalue weighted by molar-refractivity contribution is -0.134. The number of halogens is 1. The predicted molar refractivity (Wildman–Crippen MR) is 52.1 cm³/mol. The number of hydrogen-bond donors (Lipinski definition) is 0. The molecule has 0 bridgehead atoms. The molecular weight excluding hydrogens is 202 g/mol. The van der Waals surface area contributed by atoms with Crippen LogP contribution in [0.15, 0.2) is 18.2 Å². The summed E-state index contributed by atoms with van der Waals surface area (Å²) in [6, 6.07) is 6.63. The molecule has 0 fully saturated rings. The highest BCUT2D eigenvalue weighted by atomic mass is 35.5. The van der Waals surface area contributed by atoms with Gasteiger partial charge in [0.25, 0.3) is 0 Å². The van der Waals surface area contributed by atoms with Crippen molar-refractivity contribution >= 4 is 17.6 Å². The normalized spacial score (nSPS) is 9.21. The first kappa shape index (κ1) is 10.6. The second kappa shape index (κ2) is 4.64. The molecule has 72 valence electrons. The fourth-order valence-electron chi connectivity index (χ4n) is 0.871. The summed E-state index contributed by atoms with van der Waals surface area (Å²) < 4.78 is 4.91. The van der Waals surface area contributed by atoms with E-state index in [1.807, 2.05) is 6.07 Å². The lowest BCUT2D eigenvalue weighted by atomic mass is 10.2. The van der Waals surface area contributed by atoms with Crippen molar-refractivity contribution in [3.8, 4) is 11.8 Å². The lowest BCUT2D eigenvalue weighted by Crippen LogP contribution is -2.06. The van der Waals surface area contributed by atoms with Crippen LogP contribution in [0.5, 0.6) is 5.75 Å². The Balaban J connectivity index is 2.99. The highest BCUT2D eigenvalue weighted by Crippen LogP contribution is 2.27. The van der Waals surface area contributed by atoms with Gasteiger partial charge in [-0.15, -0.1) is 0 Å². The number of nitriles is 1. The molecule has 0 spiro atoms. The Kier molecular flexibility index (Phi) is 3.49. The number of hydrogen-bond acceptors (Lipinski definition) is 3. The van der Waals surface area contributed by atoms with Crippen LogP contribution in [-0.2, 0) is 4.79 Å². The number of carbonyl (C=O) groups excluding carboxylic acids is 1. The van der Waals surface area contributed by atoms with Crippen molar-refractivity contribution in [3.05, 3.63) is 28.8 Å². The second-order valence-corrected chi connectivity index (χ2v) is 2.94. The van der Waals surface area contributed by atoms with Gasteiger partial charge in [0.15, 0.2) is 5.75 Å². The number of ether oxygens (including phenoxy) is 1. The van der Waals surface area contributed by atoms with Gasteiger partial charge in [-0.05, 0) is 12.1 Å². The van der Waals surface area contributed by atoms with E-state index < -0.39 is 0 Å². The van der Waals surface area contributed by atoms with Crippen LogP contribution in [-0.4, -0.2) is 5.97 Å². The Morgan fingerprint density at radius 2 is 2.36 bits per heavy atom. The summed E-state index contributed by atoms with van der Waals surface area (Å²) in [4.78, 5) is 11.0. The fourth-order valence-corrected chi connectivity index (χ4v) is 1.08. The highest BCUT2D eigenvalue weighted by Gasteiger charge is 2.09. The number of carbonyl (C=O) groups is 1. The van der Waals surface area contributed by atoms with Crippen LogP contribution in [0.1, 0.15) is 18.9 Å². The molecule has 4 heteroatoms. The van der Waals surface area contributed by atoms with Crippen LogP contribution in [0.2, 0.25) is 5.02 Å². The summed E-state index contributed by atoms with van der Waals surface area (Å²) in [5, 5.41) is 8.84. The topological polar surface area (TPSA) is 50.1 Å². The molecule has 3 nitrogen and oxygen atoms in total. The van der Waals surface area contributed by atoms with Crippen LogP contribution in [0.25, 0.3) is 0 Å². The Morgan fingerprint density at radius 1 is 1.64 bits per heavy atom. The Labute approximate surface area is 86.9 Å². The zero-order valence-electron chi connectivity index (χ0n) is 7.58. The number of nitrogens with zero attached hydrogens (tertiary/aromatic N) is 1. The van der Waals surface area contributed by atoms with Crippen LogP contribution in [0.3, 0.4) is 0 Å². The zero-order chi connectivity index (χ0) is 10.6. The van der Waals surface area contributed by atoms with E-state index in [1.54, 1.807) is 25.1 Å². The first-order valence-corrected chi connectivity index (χ1v) is 4.46. The molecule has 1 aromatic carbocycles. The first-order valence-electron chi connectivity index (χ1n) is 4.08.